The SMILES string of the molecule is C.CC(=O)Oc1ccc(S(=O)(=O)Cl)cc1.CC(=O)Oc1ccc(S(=O)(=O)Nc2nnc(C(C)C)s2)cc1.CC(C)c1nnc(N)s1. The van der Waals surface area contributed by atoms with E-state index in [-0.39, 0.29) is 39.8 Å². The molecule has 2 heterocycles. The topological polar surface area (TPSA) is 210 Å². The summed E-state index contributed by atoms with van der Waals surface area (Å²) in [5.74, 6) is 0.250. The van der Waals surface area contributed by atoms with Gasteiger partial charge in [-0.15, -0.1) is 20.4 Å². The van der Waals surface area contributed by atoms with Crippen molar-refractivity contribution in [1.29, 1.82) is 0 Å². The van der Waals surface area contributed by atoms with Crippen LogP contribution in [-0.4, -0.2) is 49.2 Å². The number of benzene rings is 2. The molecule has 2 aromatic heterocycles. The van der Waals surface area contributed by atoms with Gasteiger partial charge < -0.3 is 15.2 Å². The summed E-state index contributed by atoms with van der Waals surface area (Å²) in [5.41, 5.74) is 5.36. The fourth-order valence-electron chi connectivity index (χ4n) is 2.85. The lowest BCUT2D eigenvalue weighted by molar-refractivity contribution is -0.132. The van der Waals surface area contributed by atoms with Crippen molar-refractivity contribution in [3.8, 4) is 11.5 Å². The Hall–Kier alpha value is -3.71. The fourth-order valence-corrected chi connectivity index (χ4v) is 6.21. The van der Waals surface area contributed by atoms with E-state index in [9.17, 15) is 26.4 Å². The van der Waals surface area contributed by atoms with E-state index in [1.54, 1.807) is 0 Å². The van der Waals surface area contributed by atoms with Crippen molar-refractivity contribution in [1.82, 2.24) is 20.4 Å². The number of aromatic nitrogens is 4. The Labute approximate surface area is 280 Å². The summed E-state index contributed by atoms with van der Waals surface area (Å²) in [6, 6.07) is 10.8. The van der Waals surface area contributed by atoms with Crippen LogP contribution in [0.3, 0.4) is 0 Å². The number of ether oxygens (including phenoxy) is 2. The van der Waals surface area contributed by atoms with E-state index >= 15 is 0 Å². The normalized spacial score (nSPS) is 10.9. The third kappa shape index (κ3) is 13.7. The van der Waals surface area contributed by atoms with Gasteiger partial charge in [0.2, 0.25) is 10.3 Å². The van der Waals surface area contributed by atoms with Crippen LogP contribution in [0.25, 0.3) is 0 Å². The number of halogens is 1. The Bertz CT molecular complexity index is 1790. The van der Waals surface area contributed by atoms with E-state index in [1.807, 2.05) is 13.8 Å². The molecule has 14 nitrogen and oxygen atoms in total. The molecule has 0 radical (unpaired) electrons. The summed E-state index contributed by atoms with van der Waals surface area (Å²) in [6.07, 6.45) is 0. The van der Waals surface area contributed by atoms with Gasteiger partial charge in [-0.3, -0.25) is 14.3 Å². The first-order chi connectivity index (χ1) is 20.9. The maximum Gasteiger partial charge on any atom is 0.308 e. The number of rotatable bonds is 8. The molecule has 0 aliphatic carbocycles. The molecule has 0 fully saturated rings. The van der Waals surface area contributed by atoms with Crippen molar-refractivity contribution in [2.24, 2.45) is 0 Å². The highest BCUT2D eigenvalue weighted by Gasteiger charge is 2.18. The lowest BCUT2D eigenvalue weighted by atomic mass is 10.2. The number of hydrogen-bond acceptors (Lipinski definition) is 15. The molecule has 0 amide bonds. The van der Waals surface area contributed by atoms with Gasteiger partial charge in [0.1, 0.15) is 21.5 Å². The largest absolute Gasteiger partial charge is 0.427 e. The van der Waals surface area contributed by atoms with Crippen molar-refractivity contribution in [2.75, 3.05) is 10.5 Å². The van der Waals surface area contributed by atoms with Crippen molar-refractivity contribution in [3.63, 3.8) is 0 Å². The van der Waals surface area contributed by atoms with Crippen LogP contribution in [0.15, 0.2) is 58.3 Å². The highest BCUT2D eigenvalue weighted by Crippen LogP contribution is 2.25. The van der Waals surface area contributed by atoms with Gasteiger partial charge in [0.05, 0.1) is 9.79 Å². The highest BCUT2D eigenvalue weighted by atomic mass is 35.7. The number of nitrogens with two attached hydrogens (primary N) is 1. The Morgan fingerprint density at radius 1 is 0.739 bits per heavy atom. The molecule has 0 aliphatic rings. The van der Waals surface area contributed by atoms with Gasteiger partial charge in [-0.2, -0.15) is 0 Å². The minimum absolute atomic E-state index is 0. The zero-order valence-corrected chi connectivity index (χ0v) is 28.9. The van der Waals surface area contributed by atoms with Crippen molar-refractivity contribution >= 4 is 74.6 Å². The van der Waals surface area contributed by atoms with Gasteiger partial charge in [-0.25, -0.2) is 16.8 Å². The number of carbonyl (C=O) groups is 2. The first-order valence-corrected chi connectivity index (χ1v) is 18.3. The first-order valence-electron chi connectivity index (χ1n) is 12.8. The smallest absolute Gasteiger partial charge is 0.308 e. The van der Waals surface area contributed by atoms with Crippen LogP contribution >= 0.6 is 33.4 Å². The maximum absolute atomic E-state index is 12.2. The maximum atomic E-state index is 12.2. The molecule has 0 saturated carbocycles. The average Bonchev–Trinajstić information content (AvgIpc) is 3.58. The zero-order valence-electron chi connectivity index (χ0n) is 24.9. The van der Waals surface area contributed by atoms with Crippen LogP contribution in [0.5, 0.6) is 11.5 Å². The molecule has 4 rings (SSSR count). The first kappa shape index (κ1) is 40.3. The van der Waals surface area contributed by atoms with Crippen molar-refractivity contribution < 1.29 is 35.9 Å². The van der Waals surface area contributed by atoms with E-state index in [0.29, 0.717) is 11.0 Å². The molecule has 19 heteroatoms. The number of hydrogen-bond donors (Lipinski definition) is 2. The van der Waals surface area contributed by atoms with Crippen LogP contribution in [0.1, 0.15) is 70.8 Å². The molecule has 0 aliphatic heterocycles. The van der Waals surface area contributed by atoms with Gasteiger partial charge in [-0.1, -0.05) is 57.8 Å². The molecule has 0 unspecified atom stereocenters. The monoisotopic (exact) mass is 734 g/mol. The molecule has 4 aromatic rings. The molecular weight excluding hydrogens is 700 g/mol. The number of nitrogens with zero attached hydrogens (tertiary/aromatic N) is 4. The number of carbonyl (C=O) groups excluding carboxylic acids is 2. The van der Waals surface area contributed by atoms with Crippen LogP contribution in [0.2, 0.25) is 0 Å². The summed E-state index contributed by atoms with van der Waals surface area (Å²) in [5, 5.41) is 17.8. The second kappa shape index (κ2) is 17.8. The number of esters is 2. The Morgan fingerprint density at radius 2 is 1.15 bits per heavy atom. The standard InChI is InChI=1S/C13H15N3O4S2.C8H7ClO4S.C5H9N3S.CH4/c1-8(2)12-14-15-13(21-12)16-22(18,19)11-6-4-10(5-7-11)20-9(3)17;1-6(10)13-7-2-4-8(5-3-7)14(9,11)12;1-3(2)4-7-8-5(6)9-4;/h4-8H,1-3H3,(H,15,16);2-5H,1H3;3H,1-2H3,(H2,6,8);1H4. The summed E-state index contributed by atoms with van der Waals surface area (Å²) < 4.78 is 58.1. The van der Waals surface area contributed by atoms with E-state index < -0.39 is 31.0 Å². The van der Waals surface area contributed by atoms with Gasteiger partial charge in [0.15, 0.2) is 0 Å². The minimum Gasteiger partial charge on any atom is -0.427 e. The van der Waals surface area contributed by atoms with Gasteiger partial charge >= 0.3 is 11.9 Å². The Morgan fingerprint density at radius 3 is 1.48 bits per heavy atom. The number of anilines is 2. The number of nitrogen functional groups attached to an aromatic ring is 1. The lowest BCUT2D eigenvalue weighted by Crippen LogP contribution is -2.12. The fraction of sp³-hybridized carbons (Fsp3) is 0.333. The van der Waals surface area contributed by atoms with E-state index in [1.165, 1.54) is 85.1 Å². The second-order valence-corrected chi connectivity index (χ2v) is 15.7. The van der Waals surface area contributed by atoms with E-state index in [0.717, 1.165) is 10.0 Å². The zero-order chi connectivity index (χ0) is 33.9. The molecule has 2 aromatic carbocycles. The van der Waals surface area contributed by atoms with Gasteiger partial charge in [-0.05, 0) is 48.5 Å². The molecule has 46 heavy (non-hydrogen) atoms. The molecule has 0 bridgehead atoms. The van der Waals surface area contributed by atoms with Crippen molar-refractivity contribution in [3.05, 3.63) is 58.5 Å². The second-order valence-electron chi connectivity index (χ2n) is 9.41. The van der Waals surface area contributed by atoms with Crippen LogP contribution in [0.4, 0.5) is 10.3 Å². The third-order valence-corrected chi connectivity index (χ3v) is 9.91. The average molecular weight is 735 g/mol. The Balaban J connectivity index is 0.000000377. The number of sulfonamides is 1. The van der Waals surface area contributed by atoms with Crippen LogP contribution < -0.4 is 19.9 Å². The van der Waals surface area contributed by atoms with E-state index in [2.05, 4.69) is 39.0 Å². The summed E-state index contributed by atoms with van der Waals surface area (Å²) in [4.78, 5) is 21.4. The molecule has 0 saturated heterocycles. The minimum atomic E-state index is -3.75. The predicted molar refractivity (Wildman–Crippen MR) is 178 cm³/mol. The highest BCUT2D eigenvalue weighted by molar-refractivity contribution is 8.13. The number of nitrogens with one attached hydrogen (secondary N) is 1. The Kier molecular flexibility index (Phi) is 15.6. The summed E-state index contributed by atoms with van der Waals surface area (Å²) >= 11 is 2.64. The summed E-state index contributed by atoms with van der Waals surface area (Å²) in [7, 11) is -2.39. The van der Waals surface area contributed by atoms with Gasteiger partial charge in [0.25, 0.3) is 19.1 Å². The lowest BCUT2D eigenvalue weighted by Gasteiger charge is -2.06. The van der Waals surface area contributed by atoms with Gasteiger partial charge in [0, 0.05) is 36.4 Å². The molecular formula is C27H35ClN6O8S4. The molecule has 0 spiro atoms. The molecule has 0 atom stereocenters. The predicted octanol–water partition coefficient (Wildman–Crippen LogP) is 5.81. The molecule has 3 N–H and O–H groups in total. The molecule has 252 valence electrons. The summed E-state index contributed by atoms with van der Waals surface area (Å²) in [6.45, 7) is 10.6. The van der Waals surface area contributed by atoms with Crippen LogP contribution in [-0.2, 0) is 28.7 Å². The quantitative estimate of drug-likeness (QED) is 0.125. The van der Waals surface area contributed by atoms with Crippen molar-refractivity contribution in [2.45, 2.75) is 70.6 Å². The third-order valence-electron chi connectivity index (χ3n) is 4.87. The van der Waals surface area contributed by atoms with Crippen LogP contribution in [0, 0.1) is 0 Å². The van der Waals surface area contributed by atoms with E-state index in [4.69, 9.17) is 25.9 Å².